The maximum absolute atomic E-state index is 12.3. The summed E-state index contributed by atoms with van der Waals surface area (Å²) >= 11 is 0. The van der Waals surface area contributed by atoms with Crippen LogP contribution < -0.4 is 5.73 Å². The van der Waals surface area contributed by atoms with Crippen molar-refractivity contribution >= 4 is 11.9 Å². The van der Waals surface area contributed by atoms with Crippen molar-refractivity contribution in [1.82, 2.24) is 4.90 Å². The number of benzene rings is 2. The van der Waals surface area contributed by atoms with E-state index in [1.807, 2.05) is 36.4 Å². The van der Waals surface area contributed by atoms with Crippen LogP contribution >= 0.6 is 0 Å². The summed E-state index contributed by atoms with van der Waals surface area (Å²) < 4.78 is 0. The van der Waals surface area contributed by atoms with Crippen molar-refractivity contribution < 1.29 is 4.79 Å². The summed E-state index contributed by atoms with van der Waals surface area (Å²) in [5.74, 6) is -0.519. The highest BCUT2D eigenvalue weighted by Crippen LogP contribution is 2.09. The topological polar surface area (TPSA) is 70.2 Å². The van der Waals surface area contributed by atoms with Crippen molar-refractivity contribution in [2.75, 3.05) is 0 Å². The van der Waals surface area contributed by atoms with Gasteiger partial charge in [-0.25, -0.2) is 0 Å². The zero-order valence-electron chi connectivity index (χ0n) is 10.4. The van der Waals surface area contributed by atoms with Crippen molar-refractivity contribution in [3.8, 4) is 0 Å². The predicted molar refractivity (Wildman–Crippen MR) is 74.7 cm³/mol. The molecule has 0 radical (unpaired) electrons. The van der Waals surface area contributed by atoms with E-state index in [9.17, 15) is 4.79 Å². The molecule has 0 unspecified atom stereocenters. The van der Waals surface area contributed by atoms with Crippen LogP contribution in [0.1, 0.15) is 15.9 Å². The Morgan fingerprint density at radius 1 is 1.00 bits per heavy atom. The lowest BCUT2D eigenvalue weighted by atomic mass is 10.1. The van der Waals surface area contributed by atoms with Gasteiger partial charge in [-0.3, -0.25) is 15.1 Å². The fourth-order valence-electron chi connectivity index (χ4n) is 1.77. The molecule has 0 saturated heterocycles. The molecule has 19 heavy (non-hydrogen) atoms. The Bertz CT molecular complexity index is 566. The summed E-state index contributed by atoms with van der Waals surface area (Å²) in [5.41, 5.74) is 6.97. The lowest BCUT2D eigenvalue weighted by Gasteiger charge is -2.20. The second-order valence-electron chi connectivity index (χ2n) is 4.13. The third kappa shape index (κ3) is 3.19. The van der Waals surface area contributed by atoms with Gasteiger partial charge in [-0.1, -0.05) is 48.5 Å². The summed E-state index contributed by atoms with van der Waals surface area (Å²) in [6.07, 6.45) is 0. The van der Waals surface area contributed by atoms with Crippen LogP contribution in [0.2, 0.25) is 0 Å². The second-order valence-corrected chi connectivity index (χ2v) is 4.13. The lowest BCUT2D eigenvalue weighted by molar-refractivity contribution is 0.0837. The van der Waals surface area contributed by atoms with E-state index in [-0.39, 0.29) is 11.9 Å². The largest absolute Gasteiger partial charge is 0.370 e. The fourth-order valence-corrected chi connectivity index (χ4v) is 1.77. The molecule has 0 aliphatic carbocycles. The molecule has 1 amide bonds. The van der Waals surface area contributed by atoms with Crippen LogP contribution in [0.3, 0.4) is 0 Å². The molecule has 2 aromatic carbocycles. The zero-order valence-corrected chi connectivity index (χ0v) is 10.4. The Morgan fingerprint density at radius 3 is 2.05 bits per heavy atom. The summed E-state index contributed by atoms with van der Waals surface area (Å²) in [7, 11) is 0. The minimum Gasteiger partial charge on any atom is -0.370 e. The molecule has 0 saturated carbocycles. The van der Waals surface area contributed by atoms with Crippen LogP contribution in [0.4, 0.5) is 0 Å². The first-order valence-corrected chi connectivity index (χ1v) is 5.93. The SMILES string of the molecule is N=C(N)N(Cc1ccccc1)C(=O)c1ccccc1. The minimum absolute atomic E-state index is 0.252. The maximum Gasteiger partial charge on any atom is 0.260 e. The highest BCUT2D eigenvalue weighted by Gasteiger charge is 2.18. The van der Waals surface area contributed by atoms with Crippen molar-refractivity contribution in [3.63, 3.8) is 0 Å². The molecule has 0 atom stereocenters. The number of hydrogen-bond donors (Lipinski definition) is 2. The van der Waals surface area contributed by atoms with Gasteiger partial charge >= 0.3 is 0 Å². The Kier molecular flexibility index (Phi) is 3.93. The highest BCUT2D eigenvalue weighted by atomic mass is 16.2. The van der Waals surface area contributed by atoms with Crippen molar-refractivity contribution in [1.29, 1.82) is 5.41 Å². The summed E-state index contributed by atoms with van der Waals surface area (Å²) in [5, 5.41) is 7.56. The van der Waals surface area contributed by atoms with E-state index in [1.165, 1.54) is 4.90 Å². The first-order chi connectivity index (χ1) is 9.18. The zero-order chi connectivity index (χ0) is 13.7. The molecule has 0 bridgehead atoms. The van der Waals surface area contributed by atoms with Crippen LogP contribution in [0.15, 0.2) is 60.7 Å². The van der Waals surface area contributed by atoms with Gasteiger partial charge in [-0.05, 0) is 17.7 Å². The van der Waals surface area contributed by atoms with Gasteiger partial charge in [0.05, 0.1) is 6.54 Å². The number of rotatable bonds is 3. The van der Waals surface area contributed by atoms with E-state index in [0.717, 1.165) is 5.56 Å². The van der Waals surface area contributed by atoms with Gasteiger partial charge in [0.25, 0.3) is 5.91 Å². The molecule has 0 aromatic heterocycles. The monoisotopic (exact) mass is 253 g/mol. The number of nitrogens with two attached hydrogens (primary N) is 1. The van der Waals surface area contributed by atoms with Crippen LogP contribution in [-0.4, -0.2) is 16.8 Å². The van der Waals surface area contributed by atoms with E-state index >= 15 is 0 Å². The van der Waals surface area contributed by atoms with Gasteiger partial charge in [0.2, 0.25) is 0 Å². The molecule has 0 aliphatic rings. The predicted octanol–water partition coefficient (Wildman–Crippen LogP) is 2.22. The quantitative estimate of drug-likeness (QED) is 0.650. The number of amides is 1. The Labute approximate surface area is 112 Å². The summed E-state index contributed by atoms with van der Waals surface area (Å²) in [6, 6.07) is 18.3. The van der Waals surface area contributed by atoms with Crippen molar-refractivity contribution in [2.45, 2.75) is 6.54 Å². The number of guanidine groups is 1. The van der Waals surface area contributed by atoms with E-state index < -0.39 is 0 Å². The second kappa shape index (κ2) is 5.82. The van der Waals surface area contributed by atoms with Gasteiger partial charge in [0, 0.05) is 5.56 Å². The van der Waals surface area contributed by atoms with Crippen LogP contribution in [0.25, 0.3) is 0 Å². The molecule has 0 fully saturated rings. The number of carbonyl (C=O) groups is 1. The third-order valence-corrected chi connectivity index (χ3v) is 2.74. The van der Waals surface area contributed by atoms with E-state index in [4.69, 9.17) is 11.1 Å². The molecule has 0 heterocycles. The fraction of sp³-hybridized carbons (Fsp3) is 0.0667. The first kappa shape index (κ1) is 12.8. The molecule has 4 nitrogen and oxygen atoms in total. The molecule has 4 heteroatoms. The first-order valence-electron chi connectivity index (χ1n) is 5.93. The number of hydrogen-bond acceptors (Lipinski definition) is 2. The molecule has 2 rings (SSSR count). The third-order valence-electron chi connectivity index (χ3n) is 2.74. The van der Waals surface area contributed by atoms with Gasteiger partial charge < -0.3 is 5.73 Å². The Balaban J connectivity index is 2.22. The number of carbonyl (C=O) groups excluding carboxylic acids is 1. The highest BCUT2D eigenvalue weighted by molar-refractivity contribution is 6.04. The Morgan fingerprint density at radius 2 is 1.53 bits per heavy atom. The number of nitrogens with one attached hydrogen (secondary N) is 1. The van der Waals surface area contributed by atoms with Crippen LogP contribution in [0.5, 0.6) is 0 Å². The number of nitrogens with zero attached hydrogens (tertiary/aromatic N) is 1. The van der Waals surface area contributed by atoms with Crippen LogP contribution in [0, 0.1) is 5.41 Å². The molecule has 0 aliphatic heterocycles. The maximum atomic E-state index is 12.3. The molecule has 96 valence electrons. The average molecular weight is 253 g/mol. The van der Waals surface area contributed by atoms with E-state index in [2.05, 4.69) is 0 Å². The van der Waals surface area contributed by atoms with Crippen molar-refractivity contribution in [3.05, 3.63) is 71.8 Å². The van der Waals surface area contributed by atoms with Gasteiger partial charge in [-0.2, -0.15) is 0 Å². The molecular formula is C15H15N3O. The van der Waals surface area contributed by atoms with Gasteiger partial charge in [0.1, 0.15) is 0 Å². The van der Waals surface area contributed by atoms with Gasteiger partial charge in [-0.15, -0.1) is 0 Å². The normalized spacial score (nSPS) is 9.89. The summed E-state index contributed by atoms with van der Waals surface area (Å²) in [6.45, 7) is 0.296. The van der Waals surface area contributed by atoms with Crippen molar-refractivity contribution in [2.24, 2.45) is 5.73 Å². The summed E-state index contributed by atoms with van der Waals surface area (Å²) in [4.78, 5) is 13.6. The molecular weight excluding hydrogens is 238 g/mol. The van der Waals surface area contributed by atoms with E-state index in [0.29, 0.717) is 12.1 Å². The molecule has 0 spiro atoms. The smallest absolute Gasteiger partial charge is 0.260 e. The van der Waals surface area contributed by atoms with Crippen LogP contribution in [-0.2, 0) is 6.54 Å². The molecule has 2 aromatic rings. The average Bonchev–Trinajstić information content (AvgIpc) is 2.46. The standard InChI is InChI=1S/C15H15N3O/c16-15(17)18(11-12-7-3-1-4-8-12)14(19)13-9-5-2-6-10-13/h1-10H,11H2,(H3,16,17). The van der Waals surface area contributed by atoms with Gasteiger partial charge in [0.15, 0.2) is 5.96 Å². The minimum atomic E-state index is -0.267. The molecule has 3 N–H and O–H groups in total. The lowest BCUT2D eigenvalue weighted by Crippen LogP contribution is -2.40. The van der Waals surface area contributed by atoms with E-state index in [1.54, 1.807) is 24.3 Å². The Hall–Kier alpha value is -2.62.